The summed E-state index contributed by atoms with van der Waals surface area (Å²) in [5, 5.41) is 3.36. The van der Waals surface area contributed by atoms with E-state index in [1.54, 1.807) is 18.2 Å². The van der Waals surface area contributed by atoms with Gasteiger partial charge in [0, 0.05) is 16.3 Å². The molecule has 28 heavy (non-hydrogen) atoms. The maximum Gasteiger partial charge on any atom is 0.261 e. The number of halogens is 1. The molecule has 0 aromatic heterocycles. The molecule has 0 aliphatic carbocycles. The predicted molar refractivity (Wildman–Crippen MR) is 111 cm³/mol. The Labute approximate surface area is 169 Å². The van der Waals surface area contributed by atoms with E-state index in [4.69, 9.17) is 11.6 Å². The van der Waals surface area contributed by atoms with E-state index >= 15 is 0 Å². The first-order valence-corrected chi connectivity index (χ1v) is 10.5. The average Bonchev–Trinajstić information content (AvgIpc) is 2.69. The van der Waals surface area contributed by atoms with Crippen molar-refractivity contribution in [1.82, 2.24) is 5.32 Å². The van der Waals surface area contributed by atoms with Crippen molar-refractivity contribution in [1.29, 1.82) is 0 Å². The minimum Gasteiger partial charge on any atom is -0.346 e. The molecule has 2 N–H and O–H groups in total. The molecule has 0 saturated carbocycles. The zero-order valence-electron chi connectivity index (χ0n) is 15.1. The highest BCUT2D eigenvalue weighted by Crippen LogP contribution is 2.20. The third kappa shape index (κ3) is 4.91. The number of carbonyl (C=O) groups is 1. The van der Waals surface area contributed by atoms with Crippen LogP contribution >= 0.6 is 11.6 Å². The number of rotatable bonds is 6. The molecule has 1 unspecified atom stereocenters. The molecule has 144 valence electrons. The summed E-state index contributed by atoms with van der Waals surface area (Å²) < 4.78 is 27.5. The van der Waals surface area contributed by atoms with Crippen LogP contribution in [0.4, 0.5) is 5.69 Å². The van der Waals surface area contributed by atoms with Crippen molar-refractivity contribution in [3.8, 4) is 0 Å². The number of hydrogen-bond acceptors (Lipinski definition) is 3. The van der Waals surface area contributed by atoms with Crippen LogP contribution in [0.5, 0.6) is 0 Å². The number of sulfonamides is 1. The lowest BCUT2D eigenvalue weighted by Crippen LogP contribution is -2.26. The zero-order chi connectivity index (χ0) is 20.1. The second-order valence-electron chi connectivity index (χ2n) is 6.25. The Morgan fingerprint density at radius 1 is 0.929 bits per heavy atom. The molecule has 7 heteroatoms. The zero-order valence-corrected chi connectivity index (χ0v) is 16.7. The molecule has 5 nitrogen and oxygen atoms in total. The highest BCUT2D eigenvalue weighted by Gasteiger charge is 2.16. The number of carbonyl (C=O) groups excluding carboxylic acids is 1. The monoisotopic (exact) mass is 414 g/mol. The van der Waals surface area contributed by atoms with E-state index in [0.717, 1.165) is 5.56 Å². The van der Waals surface area contributed by atoms with Crippen molar-refractivity contribution in [2.75, 3.05) is 4.72 Å². The molecule has 0 heterocycles. The van der Waals surface area contributed by atoms with Crippen molar-refractivity contribution in [3.05, 3.63) is 95.0 Å². The fourth-order valence-corrected chi connectivity index (χ4v) is 3.83. The van der Waals surface area contributed by atoms with E-state index < -0.39 is 10.0 Å². The van der Waals surface area contributed by atoms with Crippen molar-refractivity contribution in [3.63, 3.8) is 0 Å². The molecule has 3 aromatic rings. The van der Waals surface area contributed by atoms with Crippen molar-refractivity contribution in [2.45, 2.75) is 17.9 Å². The number of nitrogens with one attached hydrogen (secondary N) is 2. The Bertz CT molecular complexity index is 1070. The van der Waals surface area contributed by atoms with Crippen LogP contribution in [0.25, 0.3) is 0 Å². The summed E-state index contributed by atoms with van der Waals surface area (Å²) in [5.74, 6) is -0.288. The summed E-state index contributed by atoms with van der Waals surface area (Å²) in [6.45, 7) is 1.89. The van der Waals surface area contributed by atoms with Gasteiger partial charge in [-0.3, -0.25) is 9.52 Å². The van der Waals surface area contributed by atoms with E-state index in [-0.39, 0.29) is 16.8 Å². The summed E-state index contributed by atoms with van der Waals surface area (Å²) in [4.78, 5) is 12.6. The first-order chi connectivity index (χ1) is 13.3. The summed E-state index contributed by atoms with van der Waals surface area (Å²) in [7, 11) is -3.78. The molecular formula is C21H19ClN2O3S. The maximum atomic E-state index is 12.6. The third-order valence-electron chi connectivity index (χ3n) is 4.15. The van der Waals surface area contributed by atoms with Gasteiger partial charge in [-0.05, 0) is 55.0 Å². The molecule has 0 bridgehead atoms. The molecule has 3 rings (SSSR count). The molecule has 1 atom stereocenters. The van der Waals surface area contributed by atoms with E-state index in [9.17, 15) is 13.2 Å². The van der Waals surface area contributed by atoms with Crippen molar-refractivity contribution in [2.24, 2.45) is 0 Å². The molecule has 3 aromatic carbocycles. The first-order valence-electron chi connectivity index (χ1n) is 8.59. The minimum absolute atomic E-state index is 0.0875. The largest absolute Gasteiger partial charge is 0.346 e. The normalized spacial score (nSPS) is 12.2. The van der Waals surface area contributed by atoms with Crippen molar-refractivity contribution < 1.29 is 13.2 Å². The Kier molecular flexibility index (Phi) is 6.02. The van der Waals surface area contributed by atoms with Crippen LogP contribution in [0.1, 0.15) is 28.9 Å². The van der Waals surface area contributed by atoms with Gasteiger partial charge in [0.25, 0.3) is 15.9 Å². The SMILES string of the molecule is CC(NC(=O)c1cccc(NS(=O)(=O)c2ccc(Cl)cc2)c1)c1ccccc1. The summed E-state index contributed by atoms with van der Waals surface area (Å²) in [6.07, 6.45) is 0. The molecular weight excluding hydrogens is 396 g/mol. The Morgan fingerprint density at radius 2 is 1.61 bits per heavy atom. The standard InChI is InChI=1S/C21H19ClN2O3S/c1-15(16-6-3-2-4-7-16)23-21(25)17-8-5-9-19(14-17)24-28(26,27)20-12-10-18(22)11-13-20/h2-15,24H,1H3,(H,23,25). The second kappa shape index (κ2) is 8.46. The van der Waals surface area contributed by atoms with Gasteiger partial charge in [-0.15, -0.1) is 0 Å². The third-order valence-corrected chi connectivity index (χ3v) is 5.80. The molecule has 0 radical (unpaired) electrons. The maximum absolute atomic E-state index is 12.6. The molecule has 0 aliphatic rings. The molecule has 0 fully saturated rings. The summed E-state index contributed by atoms with van der Waals surface area (Å²) in [5.41, 5.74) is 1.64. The quantitative estimate of drug-likeness (QED) is 0.617. The Hall–Kier alpha value is -2.83. The molecule has 1 amide bonds. The smallest absolute Gasteiger partial charge is 0.261 e. The first kappa shape index (κ1) is 19.9. The van der Waals surface area contributed by atoms with Crippen LogP contribution in [0, 0.1) is 0 Å². The molecule has 0 spiro atoms. The highest BCUT2D eigenvalue weighted by atomic mass is 35.5. The lowest BCUT2D eigenvalue weighted by Gasteiger charge is -2.15. The van der Waals surface area contributed by atoms with Crippen LogP contribution in [-0.4, -0.2) is 14.3 Å². The Morgan fingerprint density at radius 3 is 2.29 bits per heavy atom. The van der Waals surface area contributed by atoms with E-state index in [0.29, 0.717) is 16.3 Å². The number of benzene rings is 3. The summed E-state index contributed by atoms with van der Waals surface area (Å²) >= 11 is 5.80. The lowest BCUT2D eigenvalue weighted by atomic mass is 10.1. The summed E-state index contributed by atoms with van der Waals surface area (Å²) in [6, 6.07) is 21.6. The van der Waals surface area contributed by atoms with Gasteiger partial charge in [-0.1, -0.05) is 48.0 Å². The van der Waals surface area contributed by atoms with Crippen LogP contribution in [0.15, 0.2) is 83.8 Å². The van der Waals surface area contributed by atoms with Crippen LogP contribution < -0.4 is 10.0 Å². The molecule has 0 aliphatic heterocycles. The fourth-order valence-electron chi connectivity index (χ4n) is 2.66. The van der Waals surface area contributed by atoms with E-state index in [1.165, 1.54) is 30.3 Å². The van der Waals surface area contributed by atoms with Gasteiger partial charge < -0.3 is 5.32 Å². The lowest BCUT2D eigenvalue weighted by molar-refractivity contribution is 0.0940. The van der Waals surface area contributed by atoms with Crippen LogP contribution in [-0.2, 0) is 10.0 Å². The van der Waals surface area contributed by atoms with E-state index in [1.807, 2.05) is 37.3 Å². The van der Waals surface area contributed by atoms with Gasteiger partial charge >= 0.3 is 0 Å². The number of anilines is 1. The highest BCUT2D eigenvalue weighted by molar-refractivity contribution is 7.92. The number of amides is 1. The second-order valence-corrected chi connectivity index (χ2v) is 8.36. The van der Waals surface area contributed by atoms with Gasteiger partial charge in [-0.25, -0.2) is 8.42 Å². The van der Waals surface area contributed by atoms with Gasteiger partial charge in [0.1, 0.15) is 0 Å². The minimum atomic E-state index is -3.78. The Balaban J connectivity index is 1.74. The van der Waals surface area contributed by atoms with Gasteiger partial charge in [-0.2, -0.15) is 0 Å². The van der Waals surface area contributed by atoms with Crippen LogP contribution in [0.3, 0.4) is 0 Å². The topological polar surface area (TPSA) is 75.3 Å². The van der Waals surface area contributed by atoms with Crippen LogP contribution in [0.2, 0.25) is 5.02 Å². The van der Waals surface area contributed by atoms with Gasteiger partial charge in [0.05, 0.1) is 10.9 Å². The predicted octanol–water partition coefficient (Wildman–Crippen LogP) is 4.63. The van der Waals surface area contributed by atoms with Crippen molar-refractivity contribution >= 4 is 33.2 Å². The van der Waals surface area contributed by atoms with Gasteiger partial charge in [0.2, 0.25) is 0 Å². The molecule has 0 saturated heterocycles. The van der Waals surface area contributed by atoms with E-state index in [2.05, 4.69) is 10.0 Å². The fraction of sp³-hybridized carbons (Fsp3) is 0.0952. The number of hydrogen-bond donors (Lipinski definition) is 2. The van der Waals surface area contributed by atoms with Gasteiger partial charge in [0.15, 0.2) is 0 Å². The average molecular weight is 415 g/mol.